The highest BCUT2D eigenvalue weighted by atomic mass is 16.6. The molecule has 0 saturated heterocycles. The summed E-state index contributed by atoms with van der Waals surface area (Å²) in [7, 11) is 0. The van der Waals surface area contributed by atoms with E-state index in [0.717, 1.165) is 6.07 Å². The number of fused-ring (bicyclic) bond motifs is 1. The number of nitrogens with two attached hydrogens (primary N) is 1. The van der Waals surface area contributed by atoms with Crippen LogP contribution in [0.25, 0.3) is 0 Å². The Balaban J connectivity index is 1.83. The van der Waals surface area contributed by atoms with Gasteiger partial charge in [0.1, 0.15) is 29.4 Å². The summed E-state index contributed by atoms with van der Waals surface area (Å²) < 4.78 is 11.5. The maximum Gasteiger partial charge on any atom is 0.323 e. The highest BCUT2D eigenvalue weighted by Gasteiger charge is 2.37. The van der Waals surface area contributed by atoms with Gasteiger partial charge in [-0.2, -0.15) is 0 Å². The molecule has 0 aromatic heterocycles. The molecule has 1 aliphatic heterocycles. The second kappa shape index (κ2) is 9.65. The monoisotopic (exact) mass is 446 g/mol. The Kier molecular flexibility index (Phi) is 6.94. The number of benzene rings is 2. The van der Waals surface area contributed by atoms with E-state index in [1.807, 2.05) is 0 Å². The molecule has 1 amide bonds. The summed E-state index contributed by atoms with van der Waals surface area (Å²) in [6.07, 6.45) is -1.68. The molecule has 7 N–H and O–H groups in total. The Bertz CT molecular complexity index is 1010. The molecular weight excluding hydrogens is 420 g/mol. The van der Waals surface area contributed by atoms with Crippen LogP contribution < -0.4 is 15.8 Å². The van der Waals surface area contributed by atoms with E-state index < -0.39 is 24.2 Å². The molecule has 2 aromatic carbocycles. The molecule has 0 fully saturated rings. The molecule has 2 aromatic rings. The van der Waals surface area contributed by atoms with Crippen molar-refractivity contribution in [2.24, 2.45) is 5.73 Å². The molecule has 0 aliphatic carbocycles. The summed E-state index contributed by atoms with van der Waals surface area (Å²) in [6, 6.07) is 5.43. The maximum absolute atomic E-state index is 12.6. The summed E-state index contributed by atoms with van der Waals surface area (Å²) in [4.78, 5) is 24.2. The normalized spacial score (nSPS) is 18.2. The zero-order chi connectivity index (χ0) is 23.4. The first kappa shape index (κ1) is 23.0. The average Bonchev–Trinajstić information content (AvgIpc) is 2.74. The third kappa shape index (κ3) is 5.14. The number of esters is 1. The van der Waals surface area contributed by atoms with Crippen molar-refractivity contribution in [2.75, 3.05) is 6.54 Å². The fourth-order valence-corrected chi connectivity index (χ4v) is 3.48. The first-order valence-corrected chi connectivity index (χ1v) is 10.2. The quantitative estimate of drug-likeness (QED) is 0.271. The molecule has 3 atom stereocenters. The molecule has 0 bridgehead atoms. The molecule has 172 valence electrons. The van der Waals surface area contributed by atoms with Crippen molar-refractivity contribution in [3.8, 4) is 28.7 Å². The van der Waals surface area contributed by atoms with E-state index in [9.17, 15) is 30.0 Å². The van der Waals surface area contributed by atoms with Crippen molar-refractivity contribution in [2.45, 2.75) is 44.4 Å². The highest BCUT2D eigenvalue weighted by molar-refractivity contribution is 5.79. The smallest absolute Gasteiger partial charge is 0.323 e. The van der Waals surface area contributed by atoms with E-state index in [-0.39, 0.29) is 53.9 Å². The number of carbonyl (C=O) groups is 2. The number of aromatic hydroxyl groups is 4. The standard InChI is InChI=1S/C22H26N2O8/c1-2-24-20(29)6-4-14(23)22(30)32-19-10-13-16(27)8-12(25)9-18(13)31-21(19)11-3-5-15(26)17(28)7-11/h3,5,7-9,14,19,21,25-28H,2,4,6,10,23H2,1H3,(H,24,29)/t14-,19?,21?/m0/s1. The van der Waals surface area contributed by atoms with E-state index >= 15 is 0 Å². The zero-order valence-electron chi connectivity index (χ0n) is 17.4. The van der Waals surface area contributed by atoms with Gasteiger partial charge in [0, 0.05) is 42.6 Å². The minimum Gasteiger partial charge on any atom is -0.508 e. The van der Waals surface area contributed by atoms with Gasteiger partial charge in [-0.05, 0) is 25.5 Å². The molecule has 3 rings (SSSR count). The van der Waals surface area contributed by atoms with Crippen LogP contribution in [0.4, 0.5) is 0 Å². The van der Waals surface area contributed by atoms with E-state index in [4.69, 9.17) is 15.2 Å². The molecule has 10 nitrogen and oxygen atoms in total. The van der Waals surface area contributed by atoms with Gasteiger partial charge in [-0.3, -0.25) is 9.59 Å². The summed E-state index contributed by atoms with van der Waals surface area (Å²) in [6.45, 7) is 2.25. The van der Waals surface area contributed by atoms with Gasteiger partial charge in [0.05, 0.1) is 0 Å². The Morgan fingerprint density at radius 3 is 2.59 bits per heavy atom. The Morgan fingerprint density at radius 2 is 1.91 bits per heavy atom. The molecule has 2 unspecified atom stereocenters. The highest BCUT2D eigenvalue weighted by Crippen LogP contribution is 2.43. The van der Waals surface area contributed by atoms with Crippen molar-refractivity contribution in [3.05, 3.63) is 41.5 Å². The van der Waals surface area contributed by atoms with E-state index in [1.54, 1.807) is 6.92 Å². The number of phenolic OH excluding ortho intramolecular Hbond substituents is 4. The molecule has 0 radical (unpaired) electrons. The second-order valence-corrected chi connectivity index (χ2v) is 7.51. The number of hydrogen-bond donors (Lipinski definition) is 6. The predicted molar refractivity (Wildman–Crippen MR) is 112 cm³/mol. The van der Waals surface area contributed by atoms with Crippen molar-refractivity contribution in [3.63, 3.8) is 0 Å². The molecule has 32 heavy (non-hydrogen) atoms. The van der Waals surface area contributed by atoms with Crippen LogP contribution in [0.15, 0.2) is 30.3 Å². The number of rotatable bonds is 7. The lowest BCUT2D eigenvalue weighted by Crippen LogP contribution is -2.41. The summed E-state index contributed by atoms with van der Waals surface area (Å²) in [5.74, 6) is -1.95. The predicted octanol–water partition coefficient (Wildman–Crippen LogP) is 1.34. The average molecular weight is 446 g/mol. The van der Waals surface area contributed by atoms with Gasteiger partial charge in [-0.1, -0.05) is 6.07 Å². The van der Waals surface area contributed by atoms with Crippen molar-refractivity contribution in [1.29, 1.82) is 0 Å². The fraction of sp³-hybridized carbons (Fsp3) is 0.364. The van der Waals surface area contributed by atoms with Crippen LogP contribution in [0.5, 0.6) is 28.7 Å². The number of amides is 1. The molecule has 10 heteroatoms. The molecular formula is C22H26N2O8. The lowest BCUT2D eigenvalue weighted by atomic mass is 9.93. The summed E-state index contributed by atoms with van der Waals surface area (Å²) >= 11 is 0. The largest absolute Gasteiger partial charge is 0.508 e. The summed E-state index contributed by atoms with van der Waals surface area (Å²) in [5.41, 5.74) is 6.62. The number of nitrogens with one attached hydrogen (secondary N) is 1. The third-order valence-corrected chi connectivity index (χ3v) is 5.12. The van der Waals surface area contributed by atoms with Gasteiger partial charge in [-0.25, -0.2) is 0 Å². The fourth-order valence-electron chi connectivity index (χ4n) is 3.48. The lowest BCUT2D eigenvalue weighted by molar-refractivity contribution is -0.157. The number of ether oxygens (including phenoxy) is 2. The van der Waals surface area contributed by atoms with E-state index in [1.165, 1.54) is 24.3 Å². The first-order chi connectivity index (χ1) is 15.2. The Labute approximate surface area is 184 Å². The van der Waals surface area contributed by atoms with Gasteiger partial charge in [0.2, 0.25) is 5.91 Å². The maximum atomic E-state index is 12.6. The molecule has 1 aliphatic rings. The van der Waals surface area contributed by atoms with Gasteiger partial charge < -0.3 is 41.0 Å². The SMILES string of the molecule is CCNC(=O)CC[C@H](N)C(=O)OC1Cc2c(O)cc(O)cc2OC1c1ccc(O)c(O)c1. The van der Waals surface area contributed by atoms with Gasteiger partial charge in [0.15, 0.2) is 17.6 Å². The number of phenols is 4. The number of hydrogen-bond acceptors (Lipinski definition) is 9. The minimum atomic E-state index is -1.05. The van der Waals surface area contributed by atoms with Gasteiger partial charge in [0.25, 0.3) is 0 Å². The second-order valence-electron chi connectivity index (χ2n) is 7.51. The lowest BCUT2D eigenvalue weighted by Gasteiger charge is -2.34. The van der Waals surface area contributed by atoms with Gasteiger partial charge in [-0.15, -0.1) is 0 Å². The van der Waals surface area contributed by atoms with Gasteiger partial charge >= 0.3 is 5.97 Å². The third-order valence-electron chi connectivity index (χ3n) is 5.12. The van der Waals surface area contributed by atoms with E-state index in [0.29, 0.717) is 17.7 Å². The summed E-state index contributed by atoms with van der Waals surface area (Å²) in [5, 5.41) is 42.1. The van der Waals surface area contributed by atoms with Crippen LogP contribution in [0, 0.1) is 0 Å². The van der Waals surface area contributed by atoms with Crippen molar-refractivity contribution < 1.29 is 39.5 Å². The van der Waals surface area contributed by atoms with E-state index in [2.05, 4.69) is 5.32 Å². The minimum absolute atomic E-state index is 0.0442. The molecule has 0 saturated carbocycles. The first-order valence-electron chi connectivity index (χ1n) is 10.2. The van der Waals surface area contributed by atoms with Crippen LogP contribution in [0.1, 0.15) is 37.0 Å². The topological polar surface area (TPSA) is 172 Å². The van der Waals surface area contributed by atoms with Crippen LogP contribution in [-0.2, 0) is 20.7 Å². The molecule has 0 spiro atoms. The molecule has 1 heterocycles. The van der Waals surface area contributed by atoms with Crippen LogP contribution >= 0.6 is 0 Å². The van der Waals surface area contributed by atoms with Crippen LogP contribution in [0.3, 0.4) is 0 Å². The zero-order valence-corrected chi connectivity index (χ0v) is 17.4. The number of carbonyl (C=O) groups excluding carboxylic acids is 2. The van der Waals surface area contributed by atoms with Crippen molar-refractivity contribution in [1.82, 2.24) is 5.32 Å². The van der Waals surface area contributed by atoms with Crippen LogP contribution in [0.2, 0.25) is 0 Å². The Morgan fingerprint density at radius 1 is 1.16 bits per heavy atom. The van der Waals surface area contributed by atoms with Crippen molar-refractivity contribution >= 4 is 11.9 Å². The van der Waals surface area contributed by atoms with Crippen LogP contribution in [-0.4, -0.2) is 51.0 Å². The Hall–Kier alpha value is -3.66.